The van der Waals surface area contributed by atoms with Gasteiger partial charge in [-0.15, -0.1) is 0 Å². The predicted octanol–water partition coefficient (Wildman–Crippen LogP) is 4.28. The highest BCUT2D eigenvalue weighted by molar-refractivity contribution is 5.75. The van der Waals surface area contributed by atoms with E-state index in [-0.39, 0.29) is 18.1 Å². The lowest BCUT2D eigenvalue weighted by atomic mass is 9.94. The van der Waals surface area contributed by atoms with E-state index in [1.54, 1.807) is 0 Å². The molecule has 1 aromatic carbocycles. The number of hydrogen-bond acceptors (Lipinski definition) is 2. The van der Waals surface area contributed by atoms with Crippen molar-refractivity contribution in [1.82, 2.24) is 20.0 Å². The minimum absolute atomic E-state index is 0.111. The van der Waals surface area contributed by atoms with Crippen LogP contribution in [0.1, 0.15) is 54.1 Å². The van der Waals surface area contributed by atoms with Crippen LogP contribution in [0.25, 0.3) is 5.65 Å². The Hall–Kier alpha value is -2.82. The number of urea groups is 1. The smallest absolute Gasteiger partial charge is 0.315 e. The molecule has 2 aromatic heterocycles. The van der Waals surface area contributed by atoms with Gasteiger partial charge in [0.05, 0.1) is 17.9 Å². The second-order valence-electron chi connectivity index (χ2n) is 7.45. The fraction of sp³-hybridized carbons (Fsp3) is 0.364. The van der Waals surface area contributed by atoms with Crippen LogP contribution < -0.4 is 10.6 Å². The van der Waals surface area contributed by atoms with Crippen LogP contribution in [0.15, 0.2) is 48.8 Å². The van der Waals surface area contributed by atoms with Gasteiger partial charge >= 0.3 is 6.03 Å². The fourth-order valence-corrected chi connectivity index (χ4v) is 4.17. The molecule has 140 valence electrons. The van der Waals surface area contributed by atoms with Crippen LogP contribution >= 0.6 is 0 Å². The number of pyridine rings is 1. The van der Waals surface area contributed by atoms with Crippen molar-refractivity contribution in [1.29, 1.82) is 0 Å². The van der Waals surface area contributed by atoms with Crippen molar-refractivity contribution in [3.63, 3.8) is 0 Å². The molecule has 1 unspecified atom stereocenters. The molecule has 3 aromatic rings. The molecule has 2 amide bonds. The number of nitrogens with zero attached hydrogens (tertiary/aromatic N) is 2. The summed E-state index contributed by atoms with van der Waals surface area (Å²) in [6.07, 6.45) is 8.38. The average Bonchev–Trinajstić information content (AvgIpc) is 3.30. The van der Waals surface area contributed by atoms with Crippen LogP contribution in [-0.4, -0.2) is 21.5 Å². The quantitative estimate of drug-likeness (QED) is 0.728. The molecular formula is C22H26N4O. The topological polar surface area (TPSA) is 58.4 Å². The first kappa shape index (κ1) is 17.6. The molecule has 0 bridgehead atoms. The van der Waals surface area contributed by atoms with Crippen molar-refractivity contribution in [2.75, 3.05) is 0 Å². The fourth-order valence-electron chi connectivity index (χ4n) is 4.17. The van der Waals surface area contributed by atoms with Crippen LogP contribution in [0, 0.1) is 13.8 Å². The van der Waals surface area contributed by atoms with Crippen molar-refractivity contribution in [2.24, 2.45) is 0 Å². The van der Waals surface area contributed by atoms with E-state index < -0.39 is 0 Å². The zero-order valence-electron chi connectivity index (χ0n) is 15.9. The van der Waals surface area contributed by atoms with E-state index in [1.807, 2.05) is 35.0 Å². The van der Waals surface area contributed by atoms with E-state index in [2.05, 4.69) is 47.7 Å². The van der Waals surface area contributed by atoms with E-state index in [0.29, 0.717) is 0 Å². The zero-order valence-corrected chi connectivity index (χ0v) is 15.9. The van der Waals surface area contributed by atoms with Crippen LogP contribution in [0.2, 0.25) is 0 Å². The van der Waals surface area contributed by atoms with E-state index in [1.165, 1.54) is 12.8 Å². The Bertz CT molecular complexity index is 936. The molecule has 1 fully saturated rings. The molecule has 4 rings (SSSR count). The van der Waals surface area contributed by atoms with Gasteiger partial charge in [-0.1, -0.05) is 37.1 Å². The van der Waals surface area contributed by atoms with Crippen LogP contribution in [0.5, 0.6) is 0 Å². The lowest BCUT2D eigenvalue weighted by Gasteiger charge is -2.24. The van der Waals surface area contributed by atoms with Crippen LogP contribution in [-0.2, 0) is 0 Å². The van der Waals surface area contributed by atoms with Gasteiger partial charge in [0.15, 0.2) is 0 Å². The van der Waals surface area contributed by atoms with Gasteiger partial charge in [0.2, 0.25) is 0 Å². The average molecular weight is 362 g/mol. The third-order valence-corrected chi connectivity index (χ3v) is 5.54. The largest absolute Gasteiger partial charge is 0.335 e. The maximum atomic E-state index is 12.8. The van der Waals surface area contributed by atoms with Crippen molar-refractivity contribution < 1.29 is 4.79 Å². The second-order valence-corrected chi connectivity index (χ2v) is 7.45. The van der Waals surface area contributed by atoms with Crippen molar-refractivity contribution in [3.8, 4) is 0 Å². The van der Waals surface area contributed by atoms with Gasteiger partial charge in [0, 0.05) is 12.2 Å². The Kier molecular flexibility index (Phi) is 4.84. The number of rotatable bonds is 4. The highest BCUT2D eigenvalue weighted by atomic mass is 16.2. The van der Waals surface area contributed by atoms with Crippen LogP contribution in [0.3, 0.4) is 0 Å². The molecular weight excluding hydrogens is 336 g/mol. The lowest BCUT2D eigenvalue weighted by Crippen LogP contribution is -2.43. The summed E-state index contributed by atoms with van der Waals surface area (Å²) in [7, 11) is 0. The number of nitrogens with one attached hydrogen (secondary N) is 2. The summed E-state index contributed by atoms with van der Waals surface area (Å²) in [5.41, 5.74) is 5.29. The molecule has 2 N–H and O–H groups in total. The maximum Gasteiger partial charge on any atom is 0.315 e. The minimum atomic E-state index is -0.259. The highest BCUT2D eigenvalue weighted by Crippen LogP contribution is 2.28. The lowest BCUT2D eigenvalue weighted by molar-refractivity contribution is 0.234. The molecule has 0 radical (unpaired) electrons. The van der Waals surface area contributed by atoms with Gasteiger partial charge in [0.25, 0.3) is 0 Å². The number of benzene rings is 1. The molecule has 0 spiro atoms. The van der Waals surface area contributed by atoms with Gasteiger partial charge in [-0.25, -0.2) is 9.78 Å². The first-order valence-electron chi connectivity index (χ1n) is 9.68. The molecule has 1 saturated carbocycles. The summed E-state index contributed by atoms with van der Waals surface area (Å²) >= 11 is 0. The van der Waals surface area contributed by atoms with E-state index in [9.17, 15) is 4.79 Å². The van der Waals surface area contributed by atoms with Crippen LogP contribution in [0.4, 0.5) is 4.79 Å². The number of carbonyl (C=O) groups excluding carboxylic acids is 1. The van der Waals surface area contributed by atoms with E-state index in [0.717, 1.165) is 40.9 Å². The Labute approximate surface area is 159 Å². The zero-order chi connectivity index (χ0) is 18.8. The first-order valence-corrected chi connectivity index (χ1v) is 9.68. The summed E-state index contributed by atoms with van der Waals surface area (Å²) in [5, 5.41) is 6.37. The second kappa shape index (κ2) is 7.43. The molecule has 0 saturated heterocycles. The van der Waals surface area contributed by atoms with Gasteiger partial charge in [0.1, 0.15) is 5.65 Å². The number of carbonyl (C=O) groups is 1. The number of imidazole rings is 1. The number of fused-ring (bicyclic) bond motifs is 1. The Morgan fingerprint density at radius 1 is 1.11 bits per heavy atom. The van der Waals surface area contributed by atoms with E-state index >= 15 is 0 Å². The summed E-state index contributed by atoms with van der Waals surface area (Å²) < 4.78 is 2.05. The number of amides is 2. The maximum absolute atomic E-state index is 12.8. The van der Waals surface area contributed by atoms with Gasteiger partial charge in [-0.2, -0.15) is 0 Å². The van der Waals surface area contributed by atoms with Crippen molar-refractivity contribution >= 4 is 11.7 Å². The molecule has 0 aliphatic heterocycles. The molecule has 5 heteroatoms. The number of aryl methyl sites for hydroxylation is 2. The third kappa shape index (κ3) is 3.54. The standard InChI is InChI=1S/C22H26N4O/c1-15-8-7-9-16(2)20(15)21(25-22(27)24-17-10-3-4-11-17)18-14-23-19-12-5-6-13-26(18)19/h5-9,12-14,17,21H,3-4,10-11H2,1-2H3,(H2,24,25,27). The Balaban J connectivity index is 1.72. The minimum Gasteiger partial charge on any atom is -0.335 e. The Morgan fingerprint density at radius 3 is 2.59 bits per heavy atom. The molecule has 5 nitrogen and oxygen atoms in total. The van der Waals surface area contributed by atoms with Crippen molar-refractivity contribution in [2.45, 2.75) is 51.6 Å². The van der Waals surface area contributed by atoms with Gasteiger partial charge < -0.3 is 15.0 Å². The first-order chi connectivity index (χ1) is 13.1. The molecule has 1 aliphatic carbocycles. The summed E-state index contributed by atoms with van der Waals surface area (Å²) in [5.74, 6) is 0. The Morgan fingerprint density at radius 2 is 1.85 bits per heavy atom. The molecule has 27 heavy (non-hydrogen) atoms. The molecule has 1 atom stereocenters. The normalized spacial score (nSPS) is 15.8. The number of hydrogen-bond donors (Lipinski definition) is 2. The SMILES string of the molecule is Cc1cccc(C)c1C(NC(=O)NC1CCCC1)c1cnc2ccccn12. The monoisotopic (exact) mass is 362 g/mol. The van der Waals surface area contributed by atoms with Gasteiger partial charge in [-0.05, 0) is 55.5 Å². The summed E-state index contributed by atoms with van der Waals surface area (Å²) in [6, 6.07) is 12.1. The van der Waals surface area contributed by atoms with Crippen molar-refractivity contribution in [3.05, 3.63) is 71.2 Å². The predicted molar refractivity (Wildman–Crippen MR) is 107 cm³/mol. The van der Waals surface area contributed by atoms with E-state index in [4.69, 9.17) is 0 Å². The highest BCUT2D eigenvalue weighted by Gasteiger charge is 2.25. The summed E-state index contributed by atoms with van der Waals surface area (Å²) in [4.78, 5) is 17.3. The number of aromatic nitrogens is 2. The van der Waals surface area contributed by atoms with Gasteiger partial charge in [-0.3, -0.25) is 0 Å². The third-order valence-electron chi connectivity index (χ3n) is 5.54. The molecule has 1 aliphatic rings. The summed E-state index contributed by atoms with van der Waals surface area (Å²) in [6.45, 7) is 4.18. The molecule has 2 heterocycles.